The largest absolute Gasteiger partial charge is 0.490 e. The van der Waals surface area contributed by atoms with E-state index in [0.717, 1.165) is 0 Å². The molecule has 22 heavy (non-hydrogen) atoms. The van der Waals surface area contributed by atoms with E-state index >= 15 is 0 Å². The van der Waals surface area contributed by atoms with Crippen LogP contribution in [-0.4, -0.2) is 25.9 Å². The Kier molecular flexibility index (Phi) is 2.89. The number of carbonyl (C=O) groups excluding carboxylic acids is 1. The first kappa shape index (κ1) is 12.9. The van der Waals surface area contributed by atoms with Gasteiger partial charge in [0.1, 0.15) is 18.2 Å². The quantitative estimate of drug-likeness (QED) is 0.812. The molecule has 2 aliphatic heterocycles. The van der Waals surface area contributed by atoms with Gasteiger partial charge in [-0.15, -0.1) is 0 Å². The summed E-state index contributed by atoms with van der Waals surface area (Å²) in [6.07, 6.45) is 0. The Morgan fingerprint density at radius 2 is 1.82 bits per heavy atom. The molecule has 2 heterocycles. The minimum Gasteiger partial charge on any atom is -0.490 e. The number of hydrogen-bond donors (Lipinski definition) is 0. The van der Waals surface area contributed by atoms with Crippen LogP contribution in [0.1, 0.15) is 10.4 Å². The first-order valence-corrected chi connectivity index (χ1v) is 6.86. The topological polar surface area (TPSA) is 48.0 Å². The number of ether oxygens (including phenoxy) is 3. The highest BCUT2D eigenvalue weighted by molar-refractivity contribution is 6.07. The number of rotatable bonds is 1. The molecule has 0 fully saturated rings. The lowest BCUT2D eigenvalue weighted by molar-refractivity contribution is 0.0976. The van der Waals surface area contributed by atoms with Crippen molar-refractivity contribution in [3.05, 3.63) is 47.8 Å². The highest BCUT2D eigenvalue weighted by Crippen LogP contribution is 2.36. The van der Waals surface area contributed by atoms with Crippen molar-refractivity contribution < 1.29 is 23.4 Å². The molecule has 0 saturated carbocycles. The van der Waals surface area contributed by atoms with Crippen molar-refractivity contribution in [2.24, 2.45) is 0 Å². The summed E-state index contributed by atoms with van der Waals surface area (Å²) in [5, 5.41) is 0. The molecule has 112 valence electrons. The fraction of sp³-hybridized carbons (Fsp3) is 0.188. The van der Waals surface area contributed by atoms with Crippen molar-refractivity contribution in [2.45, 2.75) is 0 Å². The number of halogens is 1. The van der Waals surface area contributed by atoms with Crippen LogP contribution in [0.15, 0.2) is 36.4 Å². The molecule has 5 nitrogen and oxygen atoms in total. The van der Waals surface area contributed by atoms with Crippen LogP contribution < -0.4 is 19.1 Å². The minimum atomic E-state index is -0.410. The van der Waals surface area contributed by atoms with Crippen molar-refractivity contribution >= 4 is 11.6 Å². The lowest BCUT2D eigenvalue weighted by Gasteiger charge is -2.29. The smallest absolute Gasteiger partial charge is 0.258 e. The molecule has 2 aromatic carbocycles. The lowest BCUT2D eigenvalue weighted by Crippen LogP contribution is -2.38. The third-order valence-electron chi connectivity index (χ3n) is 3.65. The maximum atomic E-state index is 13.5. The Balaban J connectivity index is 1.71. The van der Waals surface area contributed by atoms with Gasteiger partial charge in [0.2, 0.25) is 6.79 Å². The first-order chi connectivity index (χ1) is 10.7. The van der Waals surface area contributed by atoms with Gasteiger partial charge < -0.3 is 19.1 Å². The van der Waals surface area contributed by atoms with Crippen LogP contribution in [0.25, 0.3) is 0 Å². The van der Waals surface area contributed by atoms with Crippen molar-refractivity contribution in [3.63, 3.8) is 0 Å². The summed E-state index contributed by atoms with van der Waals surface area (Å²) in [6.45, 7) is 0.886. The van der Waals surface area contributed by atoms with Crippen LogP contribution in [0.5, 0.6) is 17.2 Å². The summed E-state index contributed by atoms with van der Waals surface area (Å²) in [4.78, 5) is 14.2. The third kappa shape index (κ3) is 2.04. The molecule has 0 unspecified atom stereocenters. The van der Waals surface area contributed by atoms with Gasteiger partial charge in [-0.1, -0.05) is 0 Å². The number of carbonyl (C=O) groups is 1. The second-order valence-electron chi connectivity index (χ2n) is 4.99. The number of fused-ring (bicyclic) bond motifs is 2. The highest BCUT2D eigenvalue weighted by Gasteiger charge is 2.26. The van der Waals surface area contributed by atoms with Crippen LogP contribution in [0.2, 0.25) is 0 Å². The number of benzene rings is 2. The zero-order chi connectivity index (χ0) is 15.1. The summed E-state index contributed by atoms with van der Waals surface area (Å²) in [7, 11) is 0. The maximum Gasteiger partial charge on any atom is 0.258 e. The zero-order valence-electron chi connectivity index (χ0n) is 11.5. The number of amides is 1. The standard InChI is InChI=1S/C16H12FNO4/c17-11-2-4-13-12(8-11)18(5-6-20-13)16(19)10-1-3-14-15(7-10)22-9-21-14/h1-4,7-8H,5-6,9H2. The molecule has 0 N–H and O–H groups in total. The van der Waals surface area contributed by atoms with E-state index in [9.17, 15) is 9.18 Å². The predicted molar refractivity (Wildman–Crippen MR) is 76.1 cm³/mol. The van der Waals surface area contributed by atoms with E-state index in [1.807, 2.05) is 0 Å². The second kappa shape index (κ2) is 4.91. The minimum absolute atomic E-state index is 0.151. The van der Waals surface area contributed by atoms with Crippen molar-refractivity contribution in [2.75, 3.05) is 24.8 Å². The van der Waals surface area contributed by atoms with Gasteiger partial charge >= 0.3 is 0 Å². The van der Waals surface area contributed by atoms with E-state index in [1.165, 1.54) is 23.1 Å². The molecule has 0 spiro atoms. The van der Waals surface area contributed by atoms with Crippen molar-refractivity contribution in [1.82, 2.24) is 0 Å². The molecule has 0 bridgehead atoms. The van der Waals surface area contributed by atoms with E-state index in [-0.39, 0.29) is 12.7 Å². The number of nitrogens with zero attached hydrogens (tertiary/aromatic N) is 1. The van der Waals surface area contributed by atoms with Gasteiger partial charge in [-0.2, -0.15) is 0 Å². The molecule has 2 aromatic rings. The molecular formula is C16H12FNO4. The SMILES string of the molecule is O=C(c1ccc2c(c1)OCO2)N1CCOc2ccc(F)cc21. The molecule has 0 aromatic heterocycles. The Morgan fingerprint density at radius 3 is 2.73 bits per heavy atom. The summed E-state index contributed by atoms with van der Waals surface area (Å²) in [6, 6.07) is 9.16. The van der Waals surface area contributed by atoms with Gasteiger partial charge in [-0.25, -0.2) is 4.39 Å². The van der Waals surface area contributed by atoms with E-state index in [1.54, 1.807) is 18.2 Å². The zero-order valence-corrected chi connectivity index (χ0v) is 11.5. The molecule has 2 aliphatic rings. The fourth-order valence-corrected chi connectivity index (χ4v) is 2.59. The molecule has 0 atom stereocenters. The first-order valence-electron chi connectivity index (χ1n) is 6.86. The van der Waals surface area contributed by atoms with Crippen LogP contribution in [0, 0.1) is 5.82 Å². The summed E-state index contributed by atoms with van der Waals surface area (Å²) < 4.78 is 29.5. The van der Waals surface area contributed by atoms with Crippen LogP contribution in [0.3, 0.4) is 0 Å². The third-order valence-corrected chi connectivity index (χ3v) is 3.65. The molecule has 0 aliphatic carbocycles. The monoisotopic (exact) mass is 301 g/mol. The molecule has 4 rings (SSSR count). The van der Waals surface area contributed by atoms with Gasteiger partial charge in [-0.3, -0.25) is 4.79 Å². The molecular weight excluding hydrogens is 289 g/mol. The Bertz CT molecular complexity index is 762. The van der Waals surface area contributed by atoms with E-state index in [0.29, 0.717) is 41.7 Å². The Labute approximate surface area is 125 Å². The highest BCUT2D eigenvalue weighted by atomic mass is 19.1. The normalized spacial score (nSPS) is 15.2. The number of anilines is 1. The second-order valence-corrected chi connectivity index (χ2v) is 4.99. The number of hydrogen-bond acceptors (Lipinski definition) is 4. The van der Waals surface area contributed by atoms with E-state index in [4.69, 9.17) is 14.2 Å². The Hall–Kier alpha value is -2.76. The van der Waals surface area contributed by atoms with E-state index in [2.05, 4.69) is 0 Å². The van der Waals surface area contributed by atoms with Gasteiger partial charge in [0.25, 0.3) is 5.91 Å². The molecule has 0 saturated heterocycles. The van der Waals surface area contributed by atoms with Crippen molar-refractivity contribution in [1.29, 1.82) is 0 Å². The summed E-state index contributed by atoms with van der Waals surface area (Å²) >= 11 is 0. The van der Waals surface area contributed by atoms with Gasteiger partial charge in [0.05, 0.1) is 12.2 Å². The summed E-state index contributed by atoms with van der Waals surface area (Å²) in [5.41, 5.74) is 0.898. The van der Waals surface area contributed by atoms with Gasteiger partial charge in [0.15, 0.2) is 11.5 Å². The fourth-order valence-electron chi connectivity index (χ4n) is 2.59. The van der Waals surface area contributed by atoms with E-state index < -0.39 is 5.82 Å². The van der Waals surface area contributed by atoms with Gasteiger partial charge in [0, 0.05) is 11.6 Å². The van der Waals surface area contributed by atoms with Crippen LogP contribution in [0.4, 0.5) is 10.1 Å². The van der Waals surface area contributed by atoms with Crippen LogP contribution in [-0.2, 0) is 0 Å². The lowest BCUT2D eigenvalue weighted by atomic mass is 10.1. The van der Waals surface area contributed by atoms with Crippen molar-refractivity contribution in [3.8, 4) is 17.2 Å². The van der Waals surface area contributed by atoms with Crippen LogP contribution >= 0.6 is 0 Å². The Morgan fingerprint density at radius 1 is 1.00 bits per heavy atom. The average molecular weight is 301 g/mol. The molecule has 6 heteroatoms. The molecule has 1 amide bonds. The average Bonchev–Trinajstić information content (AvgIpc) is 3.01. The predicted octanol–water partition coefficient (Wildman–Crippen LogP) is 2.59. The molecule has 0 radical (unpaired) electrons. The summed E-state index contributed by atoms with van der Waals surface area (Å²) in [5.74, 6) is 1.02. The maximum absolute atomic E-state index is 13.5. The van der Waals surface area contributed by atoms with Gasteiger partial charge in [-0.05, 0) is 30.3 Å².